The van der Waals surface area contributed by atoms with Crippen LogP contribution in [0.15, 0.2) is 61.3 Å². The van der Waals surface area contributed by atoms with Gasteiger partial charge in [0.05, 0.1) is 13.2 Å². The molecular formula is C19H20N4O2. The summed E-state index contributed by atoms with van der Waals surface area (Å²) in [6.07, 6.45) is 7.48. The second-order valence-corrected chi connectivity index (χ2v) is 5.55. The number of carbonyl (C=O) groups excluding carboxylic acids is 1. The lowest BCUT2D eigenvalue weighted by molar-refractivity contribution is 0.0935. The Morgan fingerprint density at radius 2 is 2.12 bits per heavy atom. The zero-order valence-electron chi connectivity index (χ0n) is 14.2. The molecule has 0 unspecified atom stereocenters. The van der Waals surface area contributed by atoms with Crippen LogP contribution in [0.1, 0.15) is 35.3 Å². The highest BCUT2D eigenvalue weighted by Crippen LogP contribution is 2.27. The summed E-state index contributed by atoms with van der Waals surface area (Å²) in [5, 5.41) is 3.07. The summed E-state index contributed by atoms with van der Waals surface area (Å²) >= 11 is 0. The van der Waals surface area contributed by atoms with Crippen molar-refractivity contribution in [3.05, 3.63) is 72.4 Å². The fourth-order valence-corrected chi connectivity index (χ4v) is 2.69. The maximum atomic E-state index is 12.7. The number of aromatic nitrogens is 3. The predicted molar refractivity (Wildman–Crippen MR) is 94.9 cm³/mol. The smallest absolute Gasteiger partial charge is 0.251 e. The van der Waals surface area contributed by atoms with Crippen molar-refractivity contribution in [3.63, 3.8) is 0 Å². The van der Waals surface area contributed by atoms with Crippen molar-refractivity contribution in [1.82, 2.24) is 19.9 Å². The van der Waals surface area contributed by atoms with Crippen molar-refractivity contribution >= 4 is 5.91 Å². The van der Waals surface area contributed by atoms with Gasteiger partial charge in [-0.1, -0.05) is 25.1 Å². The van der Waals surface area contributed by atoms with E-state index >= 15 is 0 Å². The van der Waals surface area contributed by atoms with Crippen molar-refractivity contribution < 1.29 is 9.53 Å². The molecule has 0 saturated carbocycles. The minimum absolute atomic E-state index is 0.131. The van der Waals surface area contributed by atoms with Crippen molar-refractivity contribution in [2.24, 2.45) is 0 Å². The molecule has 25 heavy (non-hydrogen) atoms. The van der Waals surface area contributed by atoms with E-state index in [0.29, 0.717) is 11.4 Å². The van der Waals surface area contributed by atoms with E-state index in [1.165, 1.54) is 0 Å². The van der Waals surface area contributed by atoms with Crippen molar-refractivity contribution in [3.8, 4) is 11.6 Å². The molecule has 1 atom stereocenters. The SMILES string of the molecule is CC[C@H](NC(=O)c1ccnc(-n2ccnc2)c1)c1ccccc1OC. The molecule has 0 aliphatic carbocycles. The lowest BCUT2D eigenvalue weighted by atomic mass is 10.0. The van der Waals surface area contributed by atoms with E-state index in [-0.39, 0.29) is 11.9 Å². The fourth-order valence-electron chi connectivity index (χ4n) is 2.69. The number of nitrogens with zero attached hydrogens (tertiary/aromatic N) is 3. The quantitative estimate of drug-likeness (QED) is 0.751. The molecule has 0 fully saturated rings. The third-order valence-electron chi connectivity index (χ3n) is 4.00. The van der Waals surface area contributed by atoms with Crippen LogP contribution in [0.4, 0.5) is 0 Å². The third-order valence-corrected chi connectivity index (χ3v) is 4.00. The lowest BCUT2D eigenvalue weighted by Gasteiger charge is -2.20. The van der Waals surface area contributed by atoms with E-state index < -0.39 is 0 Å². The number of hydrogen-bond donors (Lipinski definition) is 1. The highest BCUT2D eigenvalue weighted by Gasteiger charge is 2.18. The summed E-state index contributed by atoms with van der Waals surface area (Å²) in [7, 11) is 1.63. The van der Waals surface area contributed by atoms with Gasteiger partial charge in [0.2, 0.25) is 0 Å². The Hall–Kier alpha value is -3.15. The number of imidazole rings is 1. The Bertz CT molecular complexity index is 846. The molecule has 0 radical (unpaired) electrons. The number of carbonyl (C=O) groups is 1. The van der Waals surface area contributed by atoms with Crippen LogP contribution in [0, 0.1) is 0 Å². The predicted octanol–water partition coefficient (Wildman–Crippen LogP) is 3.16. The number of rotatable bonds is 6. The number of pyridine rings is 1. The van der Waals surface area contributed by atoms with E-state index in [4.69, 9.17) is 4.74 Å². The Morgan fingerprint density at radius 3 is 2.84 bits per heavy atom. The standard InChI is InChI=1S/C19H20N4O2/c1-3-16(15-6-4-5-7-17(15)25-2)22-19(24)14-8-9-21-18(12-14)23-11-10-20-13-23/h4-13,16H,3H2,1-2H3,(H,22,24)/t16-/m0/s1. The molecule has 2 aromatic heterocycles. The number of para-hydroxylation sites is 1. The van der Waals surface area contributed by atoms with Crippen molar-refractivity contribution in [1.29, 1.82) is 0 Å². The maximum Gasteiger partial charge on any atom is 0.251 e. The number of hydrogen-bond acceptors (Lipinski definition) is 4. The molecule has 1 N–H and O–H groups in total. The van der Waals surface area contributed by atoms with Crippen LogP contribution in [-0.2, 0) is 0 Å². The summed E-state index contributed by atoms with van der Waals surface area (Å²) in [6, 6.07) is 11.0. The van der Waals surface area contributed by atoms with Gasteiger partial charge < -0.3 is 10.1 Å². The first-order valence-electron chi connectivity index (χ1n) is 8.11. The zero-order valence-corrected chi connectivity index (χ0v) is 14.2. The van der Waals surface area contributed by atoms with Gasteiger partial charge in [-0.25, -0.2) is 9.97 Å². The molecule has 1 amide bonds. The minimum Gasteiger partial charge on any atom is -0.496 e. The minimum atomic E-state index is -0.151. The second kappa shape index (κ2) is 7.61. The summed E-state index contributed by atoms with van der Waals surface area (Å²) in [5.41, 5.74) is 1.51. The first-order chi connectivity index (χ1) is 12.2. The van der Waals surface area contributed by atoms with E-state index in [0.717, 1.165) is 17.7 Å². The number of amides is 1. The molecule has 3 aromatic rings. The molecule has 0 aliphatic heterocycles. The van der Waals surface area contributed by atoms with E-state index in [2.05, 4.69) is 15.3 Å². The van der Waals surface area contributed by atoms with Crippen LogP contribution in [0.5, 0.6) is 5.75 Å². The third kappa shape index (κ3) is 3.68. The highest BCUT2D eigenvalue weighted by molar-refractivity contribution is 5.94. The number of nitrogens with one attached hydrogen (secondary N) is 1. The maximum absolute atomic E-state index is 12.7. The Labute approximate surface area is 146 Å². The van der Waals surface area contributed by atoms with Gasteiger partial charge in [-0.15, -0.1) is 0 Å². The lowest BCUT2D eigenvalue weighted by Crippen LogP contribution is -2.28. The highest BCUT2D eigenvalue weighted by atomic mass is 16.5. The molecule has 3 rings (SSSR count). The number of benzene rings is 1. The molecule has 0 spiro atoms. The average molecular weight is 336 g/mol. The van der Waals surface area contributed by atoms with E-state index in [9.17, 15) is 4.79 Å². The topological polar surface area (TPSA) is 69.0 Å². The van der Waals surface area contributed by atoms with Gasteiger partial charge in [-0.05, 0) is 24.6 Å². The fraction of sp³-hybridized carbons (Fsp3) is 0.211. The summed E-state index contributed by atoms with van der Waals surface area (Å²) < 4.78 is 7.17. The van der Waals surface area contributed by atoms with Crippen LogP contribution >= 0.6 is 0 Å². The Kier molecular flexibility index (Phi) is 5.09. The van der Waals surface area contributed by atoms with Crippen LogP contribution in [0.2, 0.25) is 0 Å². The normalized spacial score (nSPS) is 11.8. The number of ether oxygens (including phenoxy) is 1. The second-order valence-electron chi connectivity index (χ2n) is 5.55. The average Bonchev–Trinajstić information content (AvgIpc) is 3.21. The van der Waals surface area contributed by atoms with E-state index in [1.807, 2.05) is 31.2 Å². The van der Waals surface area contributed by atoms with Gasteiger partial charge in [0.15, 0.2) is 0 Å². The molecule has 0 saturated heterocycles. The van der Waals surface area contributed by atoms with Gasteiger partial charge in [0.1, 0.15) is 17.9 Å². The summed E-state index contributed by atoms with van der Waals surface area (Å²) in [5.74, 6) is 1.26. The van der Waals surface area contributed by atoms with Crippen LogP contribution < -0.4 is 10.1 Å². The van der Waals surface area contributed by atoms with Crippen LogP contribution in [-0.4, -0.2) is 27.6 Å². The Balaban J connectivity index is 1.82. The van der Waals surface area contributed by atoms with Gasteiger partial charge in [0, 0.05) is 29.7 Å². The number of methoxy groups -OCH3 is 1. The van der Waals surface area contributed by atoms with Gasteiger partial charge >= 0.3 is 0 Å². The summed E-state index contributed by atoms with van der Waals surface area (Å²) in [4.78, 5) is 21.0. The molecule has 0 aliphatic rings. The van der Waals surface area contributed by atoms with Crippen LogP contribution in [0.25, 0.3) is 5.82 Å². The largest absolute Gasteiger partial charge is 0.496 e. The molecule has 6 nitrogen and oxygen atoms in total. The summed E-state index contributed by atoms with van der Waals surface area (Å²) in [6.45, 7) is 2.03. The van der Waals surface area contributed by atoms with Crippen LogP contribution in [0.3, 0.4) is 0 Å². The van der Waals surface area contributed by atoms with Crippen molar-refractivity contribution in [2.75, 3.05) is 7.11 Å². The van der Waals surface area contributed by atoms with E-state index in [1.54, 1.807) is 48.7 Å². The molecular weight excluding hydrogens is 316 g/mol. The molecule has 1 aromatic carbocycles. The molecule has 128 valence electrons. The van der Waals surface area contributed by atoms with Crippen molar-refractivity contribution in [2.45, 2.75) is 19.4 Å². The molecule has 2 heterocycles. The Morgan fingerprint density at radius 1 is 1.28 bits per heavy atom. The zero-order chi connectivity index (χ0) is 17.6. The van der Waals surface area contributed by atoms with Gasteiger partial charge in [-0.3, -0.25) is 9.36 Å². The first kappa shape index (κ1) is 16.7. The molecule has 6 heteroatoms. The first-order valence-corrected chi connectivity index (χ1v) is 8.11. The van der Waals surface area contributed by atoms with Gasteiger partial charge in [0.25, 0.3) is 5.91 Å². The molecule has 0 bridgehead atoms. The monoisotopic (exact) mass is 336 g/mol. The van der Waals surface area contributed by atoms with Gasteiger partial charge in [-0.2, -0.15) is 0 Å².